The highest BCUT2D eigenvalue weighted by atomic mass is 79.9. The zero-order valence-corrected chi connectivity index (χ0v) is 12.1. The monoisotopic (exact) mass is 343 g/mol. The van der Waals surface area contributed by atoms with Gasteiger partial charge in [-0.05, 0) is 25.0 Å². The van der Waals surface area contributed by atoms with Crippen molar-refractivity contribution in [3.8, 4) is 17.0 Å². The number of para-hydroxylation sites is 1. The van der Waals surface area contributed by atoms with E-state index in [-0.39, 0.29) is 5.75 Å². The maximum atomic E-state index is 12.5. The van der Waals surface area contributed by atoms with Crippen molar-refractivity contribution in [2.45, 2.75) is 30.7 Å². The molecule has 1 heterocycles. The van der Waals surface area contributed by atoms with Crippen LogP contribution in [0.4, 0.5) is 8.78 Å². The minimum atomic E-state index is -2.86. The maximum absolute atomic E-state index is 12.5. The highest BCUT2D eigenvalue weighted by Crippen LogP contribution is 2.45. The standard InChI is InChI=1S/C14H12BrF2NO2/c15-7-10-12(18-20-13(10)8-5-6-8)9-3-1-2-4-11(9)19-14(16)17/h1-4,8,14H,5-7H2. The Morgan fingerprint density at radius 3 is 2.75 bits per heavy atom. The van der Waals surface area contributed by atoms with Gasteiger partial charge in [-0.3, -0.25) is 0 Å². The lowest BCUT2D eigenvalue weighted by Gasteiger charge is -2.09. The van der Waals surface area contributed by atoms with Gasteiger partial charge in [0.1, 0.15) is 17.2 Å². The lowest BCUT2D eigenvalue weighted by Crippen LogP contribution is -2.03. The van der Waals surface area contributed by atoms with Crippen LogP contribution in [-0.2, 0) is 5.33 Å². The predicted molar refractivity (Wildman–Crippen MR) is 73.2 cm³/mol. The van der Waals surface area contributed by atoms with E-state index in [4.69, 9.17) is 4.52 Å². The number of nitrogens with zero attached hydrogens (tertiary/aromatic N) is 1. The Kier molecular flexibility index (Phi) is 3.74. The van der Waals surface area contributed by atoms with Gasteiger partial charge in [0.25, 0.3) is 0 Å². The Labute approximate surface area is 123 Å². The molecule has 0 unspecified atom stereocenters. The summed E-state index contributed by atoms with van der Waals surface area (Å²) in [5, 5.41) is 4.63. The molecule has 0 bridgehead atoms. The molecule has 0 atom stereocenters. The molecule has 1 fully saturated rings. The summed E-state index contributed by atoms with van der Waals surface area (Å²) in [6, 6.07) is 6.62. The van der Waals surface area contributed by atoms with Gasteiger partial charge in [0.15, 0.2) is 0 Å². The molecular formula is C14H12BrF2NO2. The number of ether oxygens (including phenoxy) is 1. The number of halogens is 3. The smallest absolute Gasteiger partial charge is 0.387 e. The third-order valence-corrected chi connectivity index (χ3v) is 3.82. The first-order valence-corrected chi connectivity index (χ1v) is 7.41. The minimum absolute atomic E-state index is 0.111. The van der Waals surface area contributed by atoms with Crippen molar-refractivity contribution in [3.63, 3.8) is 0 Å². The average Bonchev–Trinajstić information content (AvgIpc) is 3.18. The third kappa shape index (κ3) is 2.57. The van der Waals surface area contributed by atoms with Gasteiger partial charge in [0.05, 0.1) is 0 Å². The highest BCUT2D eigenvalue weighted by molar-refractivity contribution is 9.08. The van der Waals surface area contributed by atoms with E-state index in [0.29, 0.717) is 22.5 Å². The van der Waals surface area contributed by atoms with Crippen molar-refractivity contribution < 1.29 is 18.0 Å². The van der Waals surface area contributed by atoms with Crippen LogP contribution < -0.4 is 4.74 Å². The van der Waals surface area contributed by atoms with E-state index in [9.17, 15) is 8.78 Å². The molecule has 20 heavy (non-hydrogen) atoms. The van der Waals surface area contributed by atoms with Crippen LogP contribution in [0.2, 0.25) is 0 Å². The summed E-state index contributed by atoms with van der Waals surface area (Å²) in [6.45, 7) is -2.86. The fraction of sp³-hybridized carbons (Fsp3) is 0.357. The number of rotatable bonds is 5. The quantitative estimate of drug-likeness (QED) is 0.737. The lowest BCUT2D eigenvalue weighted by atomic mass is 10.0. The summed E-state index contributed by atoms with van der Waals surface area (Å²) in [4.78, 5) is 0. The van der Waals surface area contributed by atoms with Crippen LogP contribution >= 0.6 is 15.9 Å². The van der Waals surface area contributed by atoms with Crippen LogP contribution in [0, 0.1) is 0 Å². The molecule has 106 valence electrons. The second-order valence-electron chi connectivity index (χ2n) is 4.66. The van der Waals surface area contributed by atoms with E-state index < -0.39 is 6.61 Å². The topological polar surface area (TPSA) is 35.3 Å². The first kappa shape index (κ1) is 13.5. The molecule has 0 spiro atoms. The SMILES string of the molecule is FC(F)Oc1ccccc1-c1noc(C2CC2)c1CBr. The van der Waals surface area contributed by atoms with Gasteiger partial charge < -0.3 is 9.26 Å². The second-order valence-corrected chi connectivity index (χ2v) is 5.22. The van der Waals surface area contributed by atoms with Crippen LogP contribution in [0.15, 0.2) is 28.8 Å². The molecule has 1 aliphatic carbocycles. The molecule has 1 aliphatic rings. The number of aromatic nitrogens is 1. The van der Waals surface area contributed by atoms with Crippen LogP contribution in [0.1, 0.15) is 30.1 Å². The average molecular weight is 344 g/mol. The molecule has 3 rings (SSSR count). The molecule has 3 nitrogen and oxygen atoms in total. The van der Waals surface area contributed by atoms with Gasteiger partial charge in [-0.15, -0.1) is 0 Å². The highest BCUT2D eigenvalue weighted by Gasteiger charge is 2.32. The van der Waals surface area contributed by atoms with E-state index in [0.717, 1.165) is 24.2 Å². The van der Waals surface area contributed by atoms with E-state index >= 15 is 0 Å². The molecule has 0 radical (unpaired) electrons. The molecule has 2 aromatic rings. The van der Waals surface area contributed by atoms with Crippen LogP contribution in [0.25, 0.3) is 11.3 Å². The van der Waals surface area contributed by atoms with Crippen molar-refractivity contribution in [1.29, 1.82) is 0 Å². The van der Waals surface area contributed by atoms with Crippen molar-refractivity contribution in [2.24, 2.45) is 0 Å². The lowest BCUT2D eigenvalue weighted by molar-refractivity contribution is -0.0494. The minimum Gasteiger partial charge on any atom is -0.434 e. The van der Waals surface area contributed by atoms with Crippen molar-refractivity contribution in [2.75, 3.05) is 0 Å². The summed E-state index contributed by atoms with van der Waals surface area (Å²) in [7, 11) is 0. The van der Waals surface area contributed by atoms with E-state index in [2.05, 4.69) is 25.8 Å². The number of hydrogen-bond donors (Lipinski definition) is 0. The van der Waals surface area contributed by atoms with Gasteiger partial charge in [-0.25, -0.2) is 0 Å². The van der Waals surface area contributed by atoms with Gasteiger partial charge >= 0.3 is 6.61 Å². The summed E-state index contributed by atoms with van der Waals surface area (Å²) in [6.07, 6.45) is 2.17. The Morgan fingerprint density at radius 2 is 2.10 bits per heavy atom. The fourth-order valence-electron chi connectivity index (χ4n) is 2.19. The third-order valence-electron chi connectivity index (χ3n) is 3.26. The van der Waals surface area contributed by atoms with Gasteiger partial charge in [-0.2, -0.15) is 8.78 Å². The van der Waals surface area contributed by atoms with Crippen molar-refractivity contribution in [3.05, 3.63) is 35.6 Å². The summed E-state index contributed by atoms with van der Waals surface area (Å²) in [5.74, 6) is 1.37. The molecule has 6 heteroatoms. The van der Waals surface area contributed by atoms with Gasteiger partial charge in [0.2, 0.25) is 0 Å². The fourth-order valence-corrected chi connectivity index (χ4v) is 2.73. The molecule has 1 saturated carbocycles. The molecule has 0 amide bonds. The first-order chi connectivity index (χ1) is 9.70. The van der Waals surface area contributed by atoms with Crippen molar-refractivity contribution >= 4 is 15.9 Å². The zero-order chi connectivity index (χ0) is 14.1. The maximum Gasteiger partial charge on any atom is 0.387 e. The summed E-state index contributed by atoms with van der Waals surface area (Å²) in [5.41, 5.74) is 2.01. The van der Waals surface area contributed by atoms with Gasteiger partial charge in [0, 0.05) is 22.4 Å². The normalized spacial score (nSPS) is 14.8. The first-order valence-electron chi connectivity index (χ1n) is 6.29. The number of benzene rings is 1. The van der Waals surface area contributed by atoms with Gasteiger partial charge in [-0.1, -0.05) is 33.2 Å². The molecular weight excluding hydrogens is 332 g/mol. The van der Waals surface area contributed by atoms with E-state index in [1.807, 2.05) is 0 Å². The van der Waals surface area contributed by atoms with E-state index in [1.54, 1.807) is 18.2 Å². The van der Waals surface area contributed by atoms with E-state index in [1.165, 1.54) is 6.07 Å². The molecule has 0 N–H and O–H groups in total. The Bertz CT molecular complexity index is 611. The molecule has 0 aliphatic heterocycles. The molecule has 0 saturated heterocycles. The zero-order valence-electron chi connectivity index (χ0n) is 10.5. The van der Waals surface area contributed by atoms with Crippen LogP contribution in [0.3, 0.4) is 0 Å². The second kappa shape index (κ2) is 5.52. The Morgan fingerprint density at radius 1 is 1.35 bits per heavy atom. The van der Waals surface area contributed by atoms with Crippen LogP contribution in [-0.4, -0.2) is 11.8 Å². The number of hydrogen-bond acceptors (Lipinski definition) is 3. The Hall–Kier alpha value is -1.43. The van der Waals surface area contributed by atoms with Crippen LogP contribution in [0.5, 0.6) is 5.75 Å². The Balaban J connectivity index is 2.04. The summed E-state index contributed by atoms with van der Waals surface area (Å²) >= 11 is 3.42. The van der Waals surface area contributed by atoms with Crippen molar-refractivity contribution in [1.82, 2.24) is 5.16 Å². The molecule has 1 aromatic heterocycles. The predicted octanol–water partition coefficient (Wildman–Crippen LogP) is 4.72. The number of alkyl halides is 3. The molecule has 1 aromatic carbocycles. The summed E-state index contributed by atoms with van der Waals surface area (Å²) < 4.78 is 34.9. The largest absolute Gasteiger partial charge is 0.434 e.